The monoisotopic (exact) mass is 299 g/mol. The third kappa shape index (κ3) is 6.46. The molecule has 0 aromatic rings. The summed E-state index contributed by atoms with van der Waals surface area (Å²) >= 11 is 0. The Kier molecular flexibility index (Phi) is 7.72. The molecule has 1 aliphatic rings. The quantitative estimate of drug-likeness (QED) is 0.686. The lowest BCUT2D eigenvalue weighted by atomic mass is 9.69. The third-order valence-corrected chi connectivity index (χ3v) is 4.35. The normalized spacial score (nSPS) is 19.0. The van der Waals surface area contributed by atoms with Gasteiger partial charge in [0, 0.05) is 13.5 Å². The Bertz CT molecular complexity index is 331. The van der Waals surface area contributed by atoms with Gasteiger partial charge in [-0.2, -0.15) is 0 Å². The average molecular weight is 299 g/mol. The summed E-state index contributed by atoms with van der Waals surface area (Å²) in [6.07, 6.45) is 7.16. The minimum absolute atomic E-state index is 0.0259. The van der Waals surface area contributed by atoms with Crippen LogP contribution >= 0.6 is 0 Å². The number of nitrogens with one attached hydrogen (secondary N) is 1. The predicted molar refractivity (Wildman–Crippen MR) is 81.1 cm³/mol. The van der Waals surface area contributed by atoms with Crippen molar-refractivity contribution >= 4 is 11.9 Å². The Morgan fingerprint density at radius 2 is 1.90 bits per heavy atom. The van der Waals surface area contributed by atoms with E-state index in [1.165, 1.54) is 0 Å². The van der Waals surface area contributed by atoms with Crippen LogP contribution in [-0.4, -0.2) is 36.7 Å². The van der Waals surface area contributed by atoms with E-state index in [-0.39, 0.29) is 23.8 Å². The van der Waals surface area contributed by atoms with E-state index in [1.807, 2.05) is 0 Å². The van der Waals surface area contributed by atoms with Crippen LogP contribution in [0.25, 0.3) is 0 Å². The molecule has 1 atom stereocenters. The molecule has 0 heterocycles. The lowest BCUT2D eigenvalue weighted by Crippen LogP contribution is -2.41. The van der Waals surface area contributed by atoms with Crippen molar-refractivity contribution in [3.63, 3.8) is 0 Å². The average Bonchev–Trinajstić information content (AvgIpc) is 2.38. The van der Waals surface area contributed by atoms with Crippen LogP contribution in [0.2, 0.25) is 0 Å². The Morgan fingerprint density at radius 3 is 2.43 bits per heavy atom. The highest BCUT2D eigenvalue weighted by atomic mass is 16.5. The number of carbonyl (C=O) groups is 2. The molecule has 0 aromatic heterocycles. The smallest absolute Gasteiger partial charge is 0.303 e. The second-order valence-electron chi connectivity index (χ2n) is 6.32. The molecule has 1 unspecified atom stereocenters. The first-order chi connectivity index (χ1) is 10.0. The van der Waals surface area contributed by atoms with Crippen molar-refractivity contribution in [1.29, 1.82) is 0 Å². The maximum atomic E-state index is 12.3. The van der Waals surface area contributed by atoms with Crippen LogP contribution in [0.1, 0.15) is 64.7 Å². The summed E-state index contributed by atoms with van der Waals surface area (Å²) in [7, 11) is 1.63. The number of amides is 1. The largest absolute Gasteiger partial charge is 0.481 e. The van der Waals surface area contributed by atoms with Crippen molar-refractivity contribution in [2.45, 2.75) is 70.8 Å². The Balaban J connectivity index is 2.60. The van der Waals surface area contributed by atoms with Crippen molar-refractivity contribution in [1.82, 2.24) is 5.32 Å². The van der Waals surface area contributed by atoms with Gasteiger partial charge in [-0.15, -0.1) is 0 Å². The zero-order valence-electron chi connectivity index (χ0n) is 13.3. The molecule has 1 rings (SSSR count). The molecule has 5 nitrogen and oxygen atoms in total. The van der Waals surface area contributed by atoms with Crippen LogP contribution in [-0.2, 0) is 14.3 Å². The zero-order valence-corrected chi connectivity index (χ0v) is 13.3. The van der Waals surface area contributed by atoms with Crippen LogP contribution in [0.4, 0.5) is 0 Å². The van der Waals surface area contributed by atoms with Crippen LogP contribution in [0, 0.1) is 5.41 Å². The highest BCUT2D eigenvalue weighted by Gasteiger charge is 2.36. The van der Waals surface area contributed by atoms with E-state index in [0.717, 1.165) is 44.9 Å². The first-order valence-electron chi connectivity index (χ1n) is 8.01. The van der Waals surface area contributed by atoms with E-state index in [4.69, 9.17) is 9.84 Å². The molecule has 0 aliphatic heterocycles. The molecule has 0 bridgehead atoms. The maximum absolute atomic E-state index is 12.3. The molecule has 2 N–H and O–H groups in total. The predicted octanol–water partition coefficient (Wildman–Crippen LogP) is 2.73. The molecule has 122 valence electrons. The summed E-state index contributed by atoms with van der Waals surface area (Å²) in [6.45, 7) is 2.58. The van der Waals surface area contributed by atoms with E-state index in [2.05, 4.69) is 12.2 Å². The number of hydrogen-bond acceptors (Lipinski definition) is 3. The van der Waals surface area contributed by atoms with Crippen LogP contribution in [0.5, 0.6) is 0 Å². The van der Waals surface area contributed by atoms with Crippen LogP contribution in [0.15, 0.2) is 0 Å². The fraction of sp³-hybridized carbons (Fsp3) is 0.875. The second kappa shape index (κ2) is 9.03. The van der Waals surface area contributed by atoms with Gasteiger partial charge < -0.3 is 15.2 Å². The number of hydrogen-bond donors (Lipinski definition) is 2. The van der Waals surface area contributed by atoms with Gasteiger partial charge in [0.2, 0.25) is 5.91 Å². The van der Waals surface area contributed by atoms with Crippen molar-refractivity contribution in [3.8, 4) is 0 Å². The van der Waals surface area contributed by atoms with Crippen LogP contribution < -0.4 is 5.32 Å². The molecule has 1 saturated carbocycles. The molecule has 0 spiro atoms. The van der Waals surface area contributed by atoms with Crippen molar-refractivity contribution in [3.05, 3.63) is 0 Å². The molecule has 1 amide bonds. The van der Waals surface area contributed by atoms with Gasteiger partial charge in [0.05, 0.1) is 19.1 Å². The molecular weight excluding hydrogens is 270 g/mol. The lowest BCUT2D eigenvalue weighted by molar-refractivity contribution is -0.141. The van der Waals surface area contributed by atoms with Crippen molar-refractivity contribution in [2.75, 3.05) is 13.7 Å². The second-order valence-corrected chi connectivity index (χ2v) is 6.32. The fourth-order valence-electron chi connectivity index (χ4n) is 3.40. The minimum atomic E-state index is -0.799. The molecule has 1 aliphatic carbocycles. The topological polar surface area (TPSA) is 75.6 Å². The number of ether oxygens (including phenoxy) is 1. The number of rotatable bonds is 9. The summed E-state index contributed by atoms with van der Waals surface area (Å²) in [4.78, 5) is 23.4. The zero-order chi connectivity index (χ0) is 15.7. The molecule has 0 saturated heterocycles. The van der Waals surface area contributed by atoms with Gasteiger partial charge in [-0.3, -0.25) is 9.59 Å². The van der Waals surface area contributed by atoms with E-state index in [0.29, 0.717) is 13.0 Å². The summed E-state index contributed by atoms with van der Waals surface area (Å²) < 4.78 is 5.13. The molecule has 0 radical (unpaired) electrons. The van der Waals surface area contributed by atoms with Gasteiger partial charge in [-0.05, 0) is 24.7 Å². The Hall–Kier alpha value is -1.10. The Labute approximate surface area is 127 Å². The molecule has 1 fully saturated rings. The van der Waals surface area contributed by atoms with E-state index >= 15 is 0 Å². The number of methoxy groups -OCH3 is 1. The van der Waals surface area contributed by atoms with Gasteiger partial charge in [-0.25, -0.2) is 0 Å². The summed E-state index contributed by atoms with van der Waals surface area (Å²) in [5, 5.41) is 12.1. The maximum Gasteiger partial charge on any atom is 0.303 e. The fourth-order valence-corrected chi connectivity index (χ4v) is 3.40. The first kappa shape index (κ1) is 18.0. The minimum Gasteiger partial charge on any atom is -0.481 e. The lowest BCUT2D eigenvalue weighted by Gasteiger charge is -2.36. The van der Waals surface area contributed by atoms with Crippen LogP contribution in [0.3, 0.4) is 0 Å². The van der Waals surface area contributed by atoms with Gasteiger partial charge in [-0.1, -0.05) is 32.6 Å². The van der Waals surface area contributed by atoms with Gasteiger partial charge in [0.15, 0.2) is 0 Å². The number of carboxylic acid groups (broad SMARTS) is 1. The van der Waals surface area contributed by atoms with E-state index < -0.39 is 5.97 Å². The molecule has 0 aromatic carbocycles. The molecule has 21 heavy (non-hydrogen) atoms. The Morgan fingerprint density at radius 1 is 1.24 bits per heavy atom. The molecule has 5 heteroatoms. The van der Waals surface area contributed by atoms with Gasteiger partial charge in [0.1, 0.15) is 0 Å². The standard InChI is InChI=1S/C16H29NO4/c1-3-7-13(12-21-2)17-14(18)10-16(11-15(19)20)8-5-4-6-9-16/h13H,3-12H2,1-2H3,(H,17,18)(H,19,20). The number of carbonyl (C=O) groups excluding carboxylic acids is 1. The van der Waals surface area contributed by atoms with Gasteiger partial charge in [0.25, 0.3) is 0 Å². The number of carboxylic acids is 1. The molecular formula is C16H29NO4. The highest BCUT2D eigenvalue weighted by molar-refractivity contribution is 5.78. The van der Waals surface area contributed by atoms with E-state index in [9.17, 15) is 9.59 Å². The van der Waals surface area contributed by atoms with Gasteiger partial charge >= 0.3 is 5.97 Å². The summed E-state index contributed by atoms with van der Waals surface area (Å²) in [5.74, 6) is -0.833. The summed E-state index contributed by atoms with van der Waals surface area (Å²) in [5.41, 5.74) is -0.349. The van der Waals surface area contributed by atoms with Crippen molar-refractivity contribution in [2.24, 2.45) is 5.41 Å². The highest BCUT2D eigenvalue weighted by Crippen LogP contribution is 2.42. The summed E-state index contributed by atoms with van der Waals surface area (Å²) in [6, 6.07) is 0.0259. The third-order valence-electron chi connectivity index (χ3n) is 4.35. The first-order valence-corrected chi connectivity index (χ1v) is 8.01. The number of aliphatic carboxylic acids is 1. The van der Waals surface area contributed by atoms with Crippen molar-refractivity contribution < 1.29 is 19.4 Å². The SMILES string of the molecule is CCCC(COC)NC(=O)CC1(CC(=O)O)CCCCC1. The van der Waals surface area contributed by atoms with E-state index in [1.54, 1.807) is 7.11 Å².